The van der Waals surface area contributed by atoms with Crippen LogP contribution in [0, 0.1) is 0 Å². The van der Waals surface area contributed by atoms with E-state index in [-0.39, 0.29) is 18.3 Å². The molecule has 0 saturated carbocycles. The number of rotatable bonds is 3. The molecule has 0 aliphatic carbocycles. The molecule has 3 nitrogen and oxygen atoms in total. The second-order valence-corrected chi connectivity index (χ2v) is 3.01. The van der Waals surface area contributed by atoms with Crippen molar-refractivity contribution >= 4 is 0 Å². The minimum Gasteiger partial charge on any atom is -0.508 e. The average Bonchev–Trinajstić information content (AvgIpc) is 2.17. The summed E-state index contributed by atoms with van der Waals surface area (Å²) < 4.78 is 5.01. The number of methoxy groups -OCH3 is 1. The van der Waals surface area contributed by atoms with Crippen molar-refractivity contribution in [2.24, 2.45) is 0 Å². The molecule has 1 rings (SSSR count). The molecular formula is C10H14O3. The summed E-state index contributed by atoms with van der Waals surface area (Å²) in [6.07, 6.45) is 0. The van der Waals surface area contributed by atoms with Gasteiger partial charge in [0.15, 0.2) is 0 Å². The van der Waals surface area contributed by atoms with Crippen molar-refractivity contribution in [3.05, 3.63) is 23.8 Å². The van der Waals surface area contributed by atoms with Gasteiger partial charge < -0.3 is 14.9 Å². The van der Waals surface area contributed by atoms with Gasteiger partial charge in [-0.25, -0.2) is 0 Å². The summed E-state index contributed by atoms with van der Waals surface area (Å²) >= 11 is 0. The Morgan fingerprint density at radius 2 is 2.15 bits per heavy atom. The molecule has 0 amide bonds. The van der Waals surface area contributed by atoms with Gasteiger partial charge in [0.2, 0.25) is 0 Å². The third kappa shape index (κ3) is 2.12. The first-order chi connectivity index (χ1) is 6.19. The monoisotopic (exact) mass is 182 g/mol. The van der Waals surface area contributed by atoms with Crippen LogP contribution in [0.4, 0.5) is 0 Å². The summed E-state index contributed by atoms with van der Waals surface area (Å²) in [4.78, 5) is 0. The largest absolute Gasteiger partial charge is 0.508 e. The van der Waals surface area contributed by atoms with E-state index in [4.69, 9.17) is 9.84 Å². The van der Waals surface area contributed by atoms with Gasteiger partial charge in [-0.3, -0.25) is 0 Å². The minimum atomic E-state index is -0.0740. The van der Waals surface area contributed by atoms with E-state index < -0.39 is 0 Å². The van der Waals surface area contributed by atoms with E-state index in [9.17, 15) is 5.11 Å². The molecule has 0 bridgehead atoms. The van der Waals surface area contributed by atoms with Gasteiger partial charge in [0.05, 0.1) is 7.11 Å². The van der Waals surface area contributed by atoms with Crippen LogP contribution in [-0.2, 0) is 0 Å². The SMILES string of the molecule is COc1ccc(O)c(C(C)CO)c1. The number of benzene rings is 1. The molecule has 1 aromatic rings. The van der Waals surface area contributed by atoms with E-state index in [0.717, 1.165) is 0 Å². The maximum absolute atomic E-state index is 9.47. The second kappa shape index (κ2) is 4.14. The van der Waals surface area contributed by atoms with Gasteiger partial charge in [0.1, 0.15) is 11.5 Å². The zero-order valence-corrected chi connectivity index (χ0v) is 7.82. The third-order valence-corrected chi connectivity index (χ3v) is 2.04. The molecule has 1 aromatic carbocycles. The van der Waals surface area contributed by atoms with Crippen LogP contribution >= 0.6 is 0 Å². The Morgan fingerprint density at radius 3 is 2.69 bits per heavy atom. The van der Waals surface area contributed by atoms with E-state index in [1.807, 2.05) is 6.92 Å². The maximum Gasteiger partial charge on any atom is 0.119 e. The topological polar surface area (TPSA) is 49.7 Å². The van der Waals surface area contributed by atoms with Gasteiger partial charge in [0, 0.05) is 18.1 Å². The highest BCUT2D eigenvalue weighted by Crippen LogP contribution is 2.28. The molecule has 1 atom stereocenters. The van der Waals surface area contributed by atoms with E-state index in [2.05, 4.69) is 0 Å². The molecule has 1 unspecified atom stereocenters. The summed E-state index contributed by atoms with van der Waals surface area (Å²) in [5.74, 6) is 0.811. The number of phenolic OH excluding ortho intramolecular Hbond substituents is 1. The predicted octanol–water partition coefficient (Wildman–Crippen LogP) is 1.50. The normalized spacial score (nSPS) is 12.5. The zero-order valence-electron chi connectivity index (χ0n) is 7.82. The van der Waals surface area contributed by atoms with Crippen LogP contribution in [0.2, 0.25) is 0 Å². The standard InChI is InChI=1S/C10H14O3/c1-7(6-11)9-5-8(13-2)3-4-10(9)12/h3-5,7,11-12H,6H2,1-2H3. The van der Waals surface area contributed by atoms with Gasteiger partial charge in [-0.1, -0.05) is 6.92 Å². The fourth-order valence-electron chi connectivity index (χ4n) is 1.15. The first kappa shape index (κ1) is 9.86. The third-order valence-electron chi connectivity index (χ3n) is 2.04. The average molecular weight is 182 g/mol. The van der Waals surface area contributed by atoms with E-state index in [1.165, 1.54) is 0 Å². The fourth-order valence-corrected chi connectivity index (χ4v) is 1.15. The lowest BCUT2D eigenvalue weighted by molar-refractivity contribution is 0.270. The van der Waals surface area contributed by atoms with Crippen molar-refractivity contribution < 1.29 is 14.9 Å². The lowest BCUT2D eigenvalue weighted by Gasteiger charge is -2.11. The van der Waals surface area contributed by atoms with Crippen LogP contribution in [-0.4, -0.2) is 23.9 Å². The fraction of sp³-hybridized carbons (Fsp3) is 0.400. The van der Waals surface area contributed by atoms with E-state index >= 15 is 0 Å². The van der Waals surface area contributed by atoms with Gasteiger partial charge in [0.25, 0.3) is 0 Å². The molecule has 0 fully saturated rings. The van der Waals surface area contributed by atoms with Gasteiger partial charge in [-0.05, 0) is 18.2 Å². The lowest BCUT2D eigenvalue weighted by atomic mass is 10.0. The molecule has 0 radical (unpaired) electrons. The number of phenols is 1. The Hall–Kier alpha value is -1.22. The first-order valence-electron chi connectivity index (χ1n) is 4.16. The molecule has 0 saturated heterocycles. The van der Waals surface area contributed by atoms with Gasteiger partial charge in [-0.2, -0.15) is 0 Å². The molecule has 0 aromatic heterocycles. The summed E-state index contributed by atoms with van der Waals surface area (Å²) in [6.45, 7) is 1.86. The number of aromatic hydroxyl groups is 1. The Kier molecular flexibility index (Phi) is 3.14. The first-order valence-corrected chi connectivity index (χ1v) is 4.16. The van der Waals surface area contributed by atoms with Crippen LogP contribution in [0.3, 0.4) is 0 Å². The molecule has 0 heterocycles. The molecule has 0 aliphatic heterocycles. The van der Waals surface area contributed by atoms with E-state index in [1.54, 1.807) is 25.3 Å². The van der Waals surface area contributed by atoms with Gasteiger partial charge >= 0.3 is 0 Å². The van der Waals surface area contributed by atoms with Crippen LogP contribution < -0.4 is 4.74 Å². The summed E-state index contributed by atoms with van der Waals surface area (Å²) in [6, 6.07) is 4.99. The van der Waals surface area contributed by atoms with Crippen molar-refractivity contribution in [1.82, 2.24) is 0 Å². The van der Waals surface area contributed by atoms with Crippen molar-refractivity contribution in [3.63, 3.8) is 0 Å². The van der Waals surface area contributed by atoms with E-state index in [0.29, 0.717) is 11.3 Å². The maximum atomic E-state index is 9.47. The predicted molar refractivity (Wildman–Crippen MR) is 50.2 cm³/mol. The zero-order chi connectivity index (χ0) is 9.84. The van der Waals surface area contributed by atoms with Crippen LogP contribution in [0.15, 0.2) is 18.2 Å². The Labute approximate surface area is 77.6 Å². The van der Waals surface area contributed by atoms with Crippen molar-refractivity contribution in [2.75, 3.05) is 13.7 Å². The highest BCUT2D eigenvalue weighted by atomic mass is 16.5. The smallest absolute Gasteiger partial charge is 0.119 e. The summed E-state index contributed by atoms with van der Waals surface area (Å²) in [5, 5.41) is 18.4. The molecule has 0 spiro atoms. The molecule has 13 heavy (non-hydrogen) atoms. The van der Waals surface area contributed by atoms with Crippen LogP contribution in [0.1, 0.15) is 18.4 Å². The summed E-state index contributed by atoms with van der Waals surface area (Å²) in [7, 11) is 1.57. The number of aliphatic hydroxyl groups excluding tert-OH is 1. The molecule has 0 aliphatic rings. The second-order valence-electron chi connectivity index (χ2n) is 3.01. The highest BCUT2D eigenvalue weighted by Gasteiger charge is 2.10. The number of ether oxygens (including phenoxy) is 1. The Morgan fingerprint density at radius 1 is 1.46 bits per heavy atom. The molecule has 2 N–H and O–H groups in total. The van der Waals surface area contributed by atoms with Crippen molar-refractivity contribution in [3.8, 4) is 11.5 Å². The van der Waals surface area contributed by atoms with Crippen LogP contribution in [0.25, 0.3) is 0 Å². The van der Waals surface area contributed by atoms with Crippen LogP contribution in [0.5, 0.6) is 11.5 Å². The molecule has 72 valence electrons. The van der Waals surface area contributed by atoms with Crippen molar-refractivity contribution in [2.45, 2.75) is 12.8 Å². The Balaban J connectivity index is 3.03. The number of hydrogen-bond donors (Lipinski definition) is 2. The van der Waals surface area contributed by atoms with Gasteiger partial charge in [-0.15, -0.1) is 0 Å². The quantitative estimate of drug-likeness (QED) is 0.744. The highest BCUT2D eigenvalue weighted by molar-refractivity contribution is 5.41. The molecular weight excluding hydrogens is 168 g/mol. The minimum absolute atomic E-state index is 0.0146. The number of hydrogen-bond acceptors (Lipinski definition) is 3. The Bertz CT molecular complexity index is 283. The van der Waals surface area contributed by atoms with Crippen molar-refractivity contribution in [1.29, 1.82) is 0 Å². The molecule has 3 heteroatoms. The summed E-state index contributed by atoms with van der Waals surface area (Å²) in [5.41, 5.74) is 0.710. The number of aliphatic hydroxyl groups is 1. The lowest BCUT2D eigenvalue weighted by Crippen LogP contribution is -1.99.